The Morgan fingerprint density at radius 1 is 1.67 bits per heavy atom. The SMILES string of the molecule is O=C(O)COc1cccc(Br)n1. The van der Waals surface area contributed by atoms with E-state index in [-0.39, 0.29) is 6.61 Å². The van der Waals surface area contributed by atoms with Gasteiger partial charge in [0.2, 0.25) is 5.88 Å². The summed E-state index contributed by atoms with van der Waals surface area (Å²) >= 11 is 3.13. The lowest BCUT2D eigenvalue weighted by molar-refractivity contribution is -0.139. The second kappa shape index (κ2) is 4.06. The number of carbonyl (C=O) groups is 1. The van der Waals surface area contributed by atoms with E-state index in [1.54, 1.807) is 18.2 Å². The van der Waals surface area contributed by atoms with Crippen LogP contribution in [0.1, 0.15) is 0 Å². The van der Waals surface area contributed by atoms with E-state index in [0.717, 1.165) is 0 Å². The topological polar surface area (TPSA) is 59.4 Å². The van der Waals surface area contributed by atoms with Crippen LogP contribution in [0.3, 0.4) is 0 Å². The fraction of sp³-hybridized carbons (Fsp3) is 0.143. The minimum absolute atomic E-state index is 0.298. The molecule has 0 bridgehead atoms. The number of aromatic nitrogens is 1. The zero-order valence-electron chi connectivity index (χ0n) is 6.03. The van der Waals surface area contributed by atoms with Gasteiger partial charge in [0, 0.05) is 6.07 Å². The van der Waals surface area contributed by atoms with Crippen molar-refractivity contribution in [3.8, 4) is 5.88 Å². The van der Waals surface area contributed by atoms with Crippen molar-refractivity contribution < 1.29 is 14.6 Å². The van der Waals surface area contributed by atoms with Crippen molar-refractivity contribution in [2.75, 3.05) is 6.61 Å². The predicted octanol–water partition coefficient (Wildman–Crippen LogP) is 1.31. The number of halogens is 1. The molecule has 1 aromatic rings. The normalized spacial score (nSPS) is 9.42. The second-order valence-corrected chi connectivity index (χ2v) is 2.79. The van der Waals surface area contributed by atoms with E-state index >= 15 is 0 Å². The van der Waals surface area contributed by atoms with E-state index in [2.05, 4.69) is 20.9 Å². The highest BCUT2D eigenvalue weighted by Crippen LogP contribution is 2.11. The number of carboxylic acid groups (broad SMARTS) is 1. The average molecular weight is 232 g/mol. The summed E-state index contributed by atoms with van der Waals surface area (Å²) in [5.74, 6) is -0.719. The lowest BCUT2D eigenvalue weighted by atomic mass is 10.5. The Hall–Kier alpha value is -1.10. The number of pyridine rings is 1. The van der Waals surface area contributed by atoms with Crippen molar-refractivity contribution in [1.29, 1.82) is 0 Å². The molecule has 1 heterocycles. The third-order valence-electron chi connectivity index (χ3n) is 1.03. The molecule has 0 radical (unpaired) electrons. The highest BCUT2D eigenvalue weighted by molar-refractivity contribution is 9.10. The van der Waals surface area contributed by atoms with Gasteiger partial charge >= 0.3 is 5.97 Å². The maximum Gasteiger partial charge on any atom is 0.341 e. The molecular weight excluding hydrogens is 226 g/mol. The standard InChI is InChI=1S/C7H6BrNO3/c8-5-2-1-3-6(9-5)12-4-7(10)11/h1-3H,4H2,(H,10,11). The molecule has 12 heavy (non-hydrogen) atoms. The van der Waals surface area contributed by atoms with Crippen molar-refractivity contribution in [1.82, 2.24) is 4.98 Å². The van der Waals surface area contributed by atoms with Crippen molar-refractivity contribution >= 4 is 21.9 Å². The first-order valence-electron chi connectivity index (χ1n) is 3.15. The molecule has 0 aliphatic heterocycles. The van der Waals surface area contributed by atoms with Gasteiger partial charge in [-0.2, -0.15) is 0 Å². The Labute approximate surface area is 77.3 Å². The number of rotatable bonds is 3. The Bertz CT molecular complexity index is 290. The molecule has 0 aliphatic rings. The summed E-state index contributed by atoms with van der Waals surface area (Å²) in [5.41, 5.74) is 0. The zero-order valence-corrected chi connectivity index (χ0v) is 7.61. The molecule has 0 fully saturated rings. The monoisotopic (exact) mass is 231 g/mol. The summed E-state index contributed by atoms with van der Waals surface area (Å²) in [6.45, 7) is -0.372. The summed E-state index contributed by atoms with van der Waals surface area (Å²) < 4.78 is 5.42. The molecule has 0 aliphatic carbocycles. The molecule has 0 atom stereocenters. The highest BCUT2D eigenvalue weighted by Gasteiger charge is 1.99. The summed E-state index contributed by atoms with van der Waals surface area (Å²) in [7, 11) is 0. The van der Waals surface area contributed by atoms with Crippen molar-refractivity contribution in [2.45, 2.75) is 0 Å². The maximum atomic E-state index is 10.1. The lowest BCUT2D eigenvalue weighted by Gasteiger charge is -2.00. The van der Waals surface area contributed by atoms with Gasteiger partial charge in [0.05, 0.1) is 0 Å². The number of ether oxygens (including phenoxy) is 1. The Morgan fingerprint density at radius 3 is 3.00 bits per heavy atom. The number of carboxylic acids is 1. The van der Waals surface area contributed by atoms with Crippen LogP contribution in [0.4, 0.5) is 0 Å². The van der Waals surface area contributed by atoms with Gasteiger partial charge in [-0.25, -0.2) is 9.78 Å². The van der Waals surface area contributed by atoms with E-state index in [0.29, 0.717) is 10.5 Å². The first kappa shape index (κ1) is 8.99. The van der Waals surface area contributed by atoms with Crippen molar-refractivity contribution in [3.63, 3.8) is 0 Å². The Kier molecular flexibility index (Phi) is 3.04. The predicted molar refractivity (Wildman–Crippen MR) is 45.1 cm³/mol. The van der Waals surface area contributed by atoms with E-state index < -0.39 is 5.97 Å². The molecule has 0 saturated carbocycles. The summed E-state index contributed by atoms with van der Waals surface area (Å²) in [6.07, 6.45) is 0. The van der Waals surface area contributed by atoms with E-state index in [9.17, 15) is 4.79 Å². The third kappa shape index (κ3) is 2.87. The average Bonchev–Trinajstić information content (AvgIpc) is 2.01. The molecule has 5 heteroatoms. The zero-order chi connectivity index (χ0) is 8.97. The van der Waals surface area contributed by atoms with Gasteiger partial charge in [0.25, 0.3) is 0 Å². The van der Waals surface area contributed by atoms with Crippen LogP contribution in [0.15, 0.2) is 22.8 Å². The molecular formula is C7H6BrNO3. The Balaban J connectivity index is 2.57. The summed E-state index contributed by atoms with van der Waals surface area (Å²) in [5, 5.41) is 8.28. The number of aliphatic carboxylic acids is 1. The molecule has 1 rings (SSSR count). The minimum atomic E-state index is -1.02. The van der Waals surface area contributed by atoms with Crippen LogP contribution >= 0.6 is 15.9 Å². The van der Waals surface area contributed by atoms with E-state index in [1.165, 1.54) is 0 Å². The molecule has 0 saturated heterocycles. The molecule has 1 N–H and O–H groups in total. The summed E-state index contributed by atoms with van der Waals surface area (Å²) in [6, 6.07) is 5.04. The molecule has 64 valence electrons. The number of nitrogens with zero attached hydrogens (tertiary/aromatic N) is 1. The van der Waals surface area contributed by atoms with Crippen LogP contribution < -0.4 is 4.74 Å². The van der Waals surface area contributed by atoms with Crippen LogP contribution in [0.2, 0.25) is 0 Å². The smallest absolute Gasteiger partial charge is 0.341 e. The highest BCUT2D eigenvalue weighted by atomic mass is 79.9. The van der Waals surface area contributed by atoms with Gasteiger partial charge in [-0.05, 0) is 22.0 Å². The van der Waals surface area contributed by atoms with Gasteiger partial charge in [0.15, 0.2) is 6.61 Å². The first-order chi connectivity index (χ1) is 5.68. The van der Waals surface area contributed by atoms with Crippen LogP contribution in [0, 0.1) is 0 Å². The van der Waals surface area contributed by atoms with Crippen molar-refractivity contribution in [3.05, 3.63) is 22.8 Å². The molecule has 0 spiro atoms. The lowest BCUT2D eigenvalue weighted by Crippen LogP contribution is -2.10. The fourth-order valence-corrected chi connectivity index (χ4v) is 0.933. The molecule has 1 aromatic heterocycles. The third-order valence-corrected chi connectivity index (χ3v) is 1.47. The molecule has 4 nitrogen and oxygen atoms in total. The maximum absolute atomic E-state index is 10.1. The number of hydrogen-bond acceptors (Lipinski definition) is 3. The van der Waals surface area contributed by atoms with Gasteiger partial charge in [-0.3, -0.25) is 0 Å². The fourth-order valence-electron chi connectivity index (χ4n) is 0.606. The second-order valence-electron chi connectivity index (χ2n) is 1.98. The van der Waals surface area contributed by atoms with Crippen LogP contribution in [-0.2, 0) is 4.79 Å². The van der Waals surface area contributed by atoms with Crippen LogP contribution in [0.25, 0.3) is 0 Å². The molecule has 0 aromatic carbocycles. The Morgan fingerprint density at radius 2 is 2.42 bits per heavy atom. The van der Waals surface area contributed by atoms with Gasteiger partial charge < -0.3 is 9.84 Å². The minimum Gasteiger partial charge on any atom is -0.479 e. The van der Waals surface area contributed by atoms with E-state index in [1.807, 2.05) is 0 Å². The first-order valence-corrected chi connectivity index (χ1v) is 3.95. The van der Waals surface area contributed by atoms with Crippen molar-refractivity contribution in [2.24, 2.45) is 0 Å². The van der Waals surface area contributed by atoms with Crippen LogP contribution in [-0.4, -0.2) is 22.7 Å². The molecule has 0 amide bonds. The van der Waals surface area contributed by atoms with Gasteiger partial charge in [-0.1, -0.05) is 6.07 Å². The van der Waals surface area contributed by atoms with Gasteiger partial charge in [-0.15, -0.1) is 0 Å². The largest absolute Gasteiger partial charge is 0.479 e. The summed E-state index contributed by atoms with van der Waals surface area (Å²) in [4.78, 5) is 14.0. The molecule has 0 unspecified atom stereocenters. The van der Waals surface area contributed by atoms with Crippen LogP contribution in [0.5, 0.6) is 5.88 Å². The number of hydrogen-bond donors (Lipinski definition) is 1. The van der Waals surface area contributed by atoms with E-state index in [4.69, 9.17) is 9.84 Å². The van der Waals surface area contributed by atoms with Gasteiger partial charge in [0.1, 0.15) is 4.60 Å². The quantitative estimate of drug-likeness (QED) is 0.798.